The van der Waals surface area contributed by atoms with Gasteiger partial charge in [0, 0.05) is 37.5 Å². The highest BCUT2D eigenvalue weighted by atomic mass is 16.7. The molecule has 6 aliphatic rings. The summed E-state index contributed by atoms with van der Waals surface area (Å²) in [6.45, 7) is 15.1. The van der Waals surface area contributed by atoms with Crippen LogP contribution in [0.15, 0.2) is 0 Å². The second-order valence-corrected chi connectivity index (χ2v) is 17.5. The summed E-state index contributed by atoms with van der Waals surface area (Å²) in [5.41, 5.74) is 0.758. The lowest BCUT2D eigenvalue weighted by Crippen LogP contribution is -2.54. The monoisotopic (exact) mass is 614 g/mol. The third-order valence-corrected chi connectivity index (χ3v) is 14.7. The summed E-state index contributed by atoms with van der Waals surface area (Å²) >= 11 is 0. The van der Waals surface area contributed by atoms with Gasteiger partial charge in [-0.25, -0.2) is 4.79 Å². The van der Waals surface area contributed by atoms with Crippen LogP contribution in [0.1, 0.15) is 131 Å². The average molecular weight is 614 g/mol. The molecule has 0 aromatic heterocycles. The van der Waals surface area contributed by atoms with Crippen LogP contribution in [0, 0.1) is 46.3 Å². The van der Waals surface area contributed by atoms with Gasteiger partial charge in [-0.2, -0.15) is 0 Å². The highest BCUT2D eigenvalue weighted by Gasteiger charge is 2.66. The zero-order valence-corrected chi connectivity index (χ0v) is 29.5. The van der Waals surface area contributed by atoms with Crippen LogP contribution in [-0.2, 0) is 9.47 Å². The molecule has 2 heterocycles. The molecule has 2 aliphatic heterocycles. The van der Waals surface area contributed by atoms with Crippen molar-refractivity contribution >= 4 is 6.03 Å². The number of carbonyl (C=O) groups excluding carboxylic acids is 1. The molecule has 11 atom stereocenters. The number of nitrogens with one attached hydrogen (secondary N) is 1. The van der Waals surface area contributed by atoms with Gasteiger partial charge in [0.15, 0.2) is 5.79 Å². The molecule has 0 aromatic rings. The van der Waals surface area contributed by atoms with Crippen molar-refractivity contribution in [1.82, 2.24) is 15.1 Å². The molecule has 0 bridgehead atoms. The van der Waals surface area contributed by atoms with E-state index in [4.69, 9.17) is 9.47 Å². The van der Waals surface area contributed by atoms with Gasteiger partial charge in [0.1, 0.15) is 0 Å². The van der Waals surface area contributed by atoms with Crippen LogP contribution in [0.25, 0.3) is 0 Å². The predicted octanol–water partition coefficient (Wildman–Crippen LogP) is 8.10. The Labute approximate surface area is 270 Å². The summed E-state index contributed by atoms with van der Waals surface area (Å²) in [6, 6.07) is 0.933. The van der Waals surface area contributed by atoms with E-state index in [1.54, 1.807) is 0 Å². The van der Waals surface area contributed by atoms with E-state index in [1.165, 1.54) is 77.0 Å². The topological polar surface area (TPSA) is 54.0 Å². The van der Waals surface area contributed by atoms with Crippen molar-refractivity contribution in [2.45, 2.75) is 155 Å². The number of likely N-dealkylation sites (N-methyl/N-ethyl adjacent to an activating group) is 1. The third-order valence-electron chi connectivity index (χ3n) is 14.7. The van der Waals surface area contributed by atoms with Crippen LogP contribution in [0.2, 0.25) is 0 Å². The number of hydrogen-bond acceptors (Lipinski definition) is 4. The number of hydrogen-bond donors (Lipinski definition) is 1. The molecule has 252 valence electrons. The van der Waals surface area contributed by atoms with Crippen LogP contribution >= 0.6 is 0 Å². The van der Waals surface area contributed by atoms with Gasteiger partial charge in [0.25, 0.3) is 0 Å². The molecule has 2 saturated heterocycles. The fourth-order valence-corrected chi connectivity index (χ4v) is 11.8. The molecule has 6 fully saturated rings. The molecule has 4 saturated carbocycles. The fraction of sp³-hybridized carbons (Fsp3) is 0.974. The summed E-state index contributed by atoms with van der Waals surface area (Å²) in [5, 5.41) is 3.59. The molecule has 4 aliphatic carbocycles. The summed E-state index contributed by atoms with van der Waals surface area (Å²) in [4.78, 5) is 18.2. The Morgan fingerprint density at radius 1 is 0.864 bits per heavy atom. The fourth-order valence-electron chi connectivity index (χ4n) is 11.8. The van der Waals surface area contributed by atoms with E-state index < -0.39 is 0 Å². The summed E-state index contributed by atoms with van der Waals surface area (Å²) in [6.07, 6.45) is 18.9. The first-order valence-corrected chi connectivity index (χ1v) is 19.0. The Kier molecular flexibility index (Phi) is 9.76. The van der Waals surface area contributed by atoms with Gasteiger partial charge in [-0.1, -0.05) is 60.3 Å². The number of amides is 2. The molecule has 1 spiro atoms. The van der Waals surface area contributed by atoms with Gasteiger partial charge < -0.3 is 24.6 Å². The van der Waals surface area contributed by atoms with Gasteiger partial charge in [-0.3, -0.25) is 0 Å². The van der Waals surface area contributed by atoms with Crippen molar-refractivity contribution in [1.29, 1.82) is 0 Å². The zero-order chi connectivity index (χ0) is 31.3. The minimum absolute atomic E-state index is 0.205. The van der Waals surface area contributed by atoms with Crippen molar-refractivity contribution in [3.63, 3.8) is 0 Å². The molecule has 44 heavy (non-hydrogen) atoms. The van der Waals surface area contributed by atoms with E-state index >= 15 is 0 Å². The Morgan fingerprint density at radius 3 is 2.30 bits per heavy atom. The molecule has 0 aromatic carbocycles. The van der Waals surface area contributed by atoms with Crippen LogP contribution in [0.4, 0.5) is 4.79 Å². The Hall–Kier alpha value is -0.850. The average Bonchev–Trinajstić information content (AvgIpc) is 3.44. The van der Waals surface area contributed by atoms with Crippen LogP contribution in [0.5, 0.6) is 0 Å². The third kappa shape index (κ3) is 6.00. The van der Waals surface area contributed by atoms with E-state index in [0.29, 0.717) is 52.7 Å². The Morgan fingerprint density at radius 2 is 1.61 bits per heavy atom. The maximum Gasteiger partial charge on any atom is 0.317 e. The van der Waals surface area contributed by atoms with Gasteiger partial charge in [-0.15, -0.1) is 0 Å². The largest absolute Gasteiger partial charge is 0.349 e. The highest BCUT2D eigenvalue weighted by Crippen LogP contribution is 2.67. The maximum atomic E-state index is 13.8. The lowest BCUT2D eigenvalue weighted by molar-refractivity contribution is -0.272. The van der Waals surface area contributed by atoms with Crippen molar-refractivity contribution < 1.29 is 14.3 Å². The van der Waals surface area contributed by atoms with Crippen LogP contribution in [0.3, 0.4) is 0 Å². The number of rotatable bonds is 7. The lowest BCUT2D eigenvalue weighted by Gasteiger charge is -2.55. The summed E-state index contributed by atoms with van der Waals surface area (Å²) in [7, 11) is 4.23. The van der Waals surface area contributed by atoms with E-state index in [-0.39, 0.29) is 11.8 Å². The van der Waals surface area contributed by atoms with Crippen molar-refractivity contribution in [3.8, 4) is 0 Å². The molecule has 6 rings (SSSR count). The molecule has 2 amide bonds. The van der Waals surface area contributed by atoms with E-state index in [1.807, 2.05) is 0 Å². The summed E-state index contributed by atoms with van der Waals surface area (Å²) < 4.78 is 13.5. The molecular formula is C38H67N3O3. The van der Waals surface area contributed by atoms with Crippen molar-refractivity contribution in [2.75, 3.05) is 33.8 Å². The van der Waals surface area contributed by atoms with Crippen molar-refractivity contribution in [3.05, 3.63) is 0 Å². The van der Waals surface area contributed by atoms with Gasteiger partial charge in [0.05, 0.1) is 12.7 Å². The van der Waals surface area contributed by atoms with Gasteiger partial charge >= 0.3 is 6.03 Å². The molecule has 6 nitrogen and oxygen atoms in total. The second-order valence-electron chi connectivity index (χ2n) is 17.5. The SMILES string of the molecule is CC[C@@H]1C[C@H](NC(=O)N(CCN(C)C)C2CCCCC2)CC[C@]1(C)[C@H]1CC[C@@]2(C)[C@H](C1)C[C@@H]1O[C@]3(CC[C@H](C)CO3)[C@@H](C)[C@@H]12. The number of urea groups is 1. The standard InChI is InChI=1S/C38H67N3O3/c1-8-28-23-31(39-35(42)41(21-20-40(6)7)32-12-10-9-11-13-32)16-18-36(28,4)29-15-17-37(5)30(22-29)24-33-34(37)27(3)38(44-33)19-14-26(2)25-43-38/h26-34H,8-25H2,1-7H3,(H,39,42)/t26-,27-,28+,29-,30+,31+,33-,34-,36-,37-,38+/m0/s1. The second kappa shape index (κ2) is 13.0. The van der Waals surface area contributed by atoms with Crippen LogP contribution < -0.4 is 5.32 Å². The Bertz CT molecular complexity index is 990. The number of nitrogens with zero attached hydrogens (tertiary/aromatic N) is 2. The normalized spacial score (nSPS) is 46.2. The number of ether oxygens (including phenoxy) is 2. The van der Waals surface area contributed by atoms with E-state index in [0.717, 1.165) is 50.8 Å². The maximum absolute atomic E-state index is 13.8. The first-order chi connectivity index (χ1) is 21.0. The molecule has 6 heteroatoms. The number of fused-ring (bicyclic) bond motifs is 3. The van der Waals surface area contributed by atoms with Gasteiger partial charge in [-0.05, 0) is 119 Å². The van der Waals surface area contributed by atoms with E-state index in [2.05, 4.69) is 63.8 Å². The van der Waals surface area contributed by atoms with Crippen LogP contribution in [-0.4, -0.2) is 73.6 Å². The molecular weight excluding hydrogens is 546 g/mol. The minimum Gasteiger partial charge on any atom is -0.349 e. The lowest BCUT2D eigenvalue weighted by atomic mass is 9.51. The first kappa shape index (κ1) is 33.1. The van der Waals surface area contributed by atoms with E-state index in [9.17, 15) is 4.79 Å². The molecule has 1 N–H and O–H groups in total. The summed E-state index contributed by atoms with van der Waals surface area (Å²) in [5.74, 6) is 3.72. The first-order valence-electron chi connectivity index (χ1n) is 19.0. The quantitative estimate of drug-likeness (QED) is 0.315. The predicted molar refractivity (Wildman–Crippen MR) is 178 cm³/mol. The zero-order valence-electron chi connectivity index (χ0n) is 29.5. The highest BCUT2D eigenvalue weighted by molar-refractivity contribution is 5.75. The Balaban J connectivity index is 1.08. The molecule has 0 unspecified atom stereocenters. The minimum atomic E-state index is -0.312. The smallest absolute Gasteiger partial charge is 0.317 e. The number of carbonyl (C=O) groups is 1. The van der Waals surface area contributed by atoms with Crippen molar-refractivity contribution in [2.24, 2.45) is 46.3 Å². The van der Waals surface area contributed by atoms with Gasteiger partial charge in [0.2, 0.25) is 0 Å². The molecule has 0 radical (unpaired) electrons.